The van der Waals surface area contributed by atoms with Crippen molar-refractivity contribution in [2.24, 2.45) is 0 Å². The zero-order valence-electron chi connectivity index (χ0n) is 9.16. The molecule has 1 aromatic heterocycles. The number of aromatic nitrogens is 2. The lowest BCUT2D eigenvalue weighted by molar-refractivity contribution is 0.479. The van der Waals surface area contributed by atoms with Crippen molar-refractivity contribution < 1.29 is 0 Å². The molecule has 0 bridgehead atoms. The summed E-state index contributed by atoms with van der Waals surface area (Å²) in [6, 6.07) is 6.84. The molecule has 0 radical (unpaired) electrons. The number of rotatable bonds is 2. The number of para-hydroxylation sites is 1. The Labute approximate surface area is 94.4 Å². The van der Waals surface area contributed by atoms with Gasteiger partial charge in [-0.3, -0.25) is 5.10 Å². The minimum absolute atomic E-state index is 0.579. The van der Waals surface area contributed by atoms with Crippen LogP contribution in [0.15, 0.2) is 24.4 Å². The second-order valence-electron chi connectivity index (χ2n) is 4.31. The maximum Gasteiger partial charge on any atom is 0.0881 e. The molecule has 1 saturated heterocycles. The van der Waals surface area contributed by atoms with Crippen molar-refractivity contribution in [1.82, 2.24) is 15.5 Å². The molecule has 3 N–H and O–H groups in total. The van der Waals surface area contributed by atoms with Gasteiger partial charge in [-0.15, -0.1) is 0 Å². The van der Waals surface area contributed by atoms with E-state index in [0.717, 1.165) is 18.6 Å². The van der Waals surface area contributed by atoms with Crippen molar-refractivity contribution in [2.45, 2.75) is 18.9 Å². The van der Waals surface area contributed by atoms with Crippen LogP contribution in [0.3, 0.4) is 0 Å². The molecule has 1 aliphatic heterocycles. The lowest BCUT2D eigenvalue weighted by atomic mass is 10.1. The predicted octanol–water partition coefficient (Wildman–Crippen LogP) is 1.73. The Kier molecular flexibility index (Phi) is 2.50. The van der Waals surface area contributed by atoms with Crippen LogP contribution < -0.4 is 10.6 Å². The molecule has 1 aliphatic rings. The molecule has 4 heteroatoms. The molecule has 0 amide bonds. The summed E-state index contributed by atoms with van der Waals surface area (Å²) in [6.45, 7) is 2.22. The van der Waals surface area contributed by atoms with Gasteiger partial charge >= 0.3 is 0 Å². The Morgan fingerprint density at radius 1 is 1.25 bits per heavy atom. The Bertz CT molecular complexity index is 471. The number of anilines is 1. The molecule has 2 heterocycles. The average Bonchev–Trinajstić information content (AvgIpc) is 2.80. The molecule has 16 heavy (non-hydrogen) atoms. The van der Waals surface area contributed by atoms with Crippen LogP contribution >= 0.6 is 0 Å². The number of nitrogens with one attached hydrogen (secondary N) is 3. The van der Waals surface area contributed by atoms with Crippen molar-refractivity contribution in [1.29, 1.82) is 0 Å². The Balaban J connectivity index is 1.85. The smallest absolute Gasteiger partial charge is 0.0881 e. The van der Waals surface area contributed by atoms with Crippen LogP contribution in [0.1, 0.15) is 12.8 Å². The topological polar surface area (TPSA) is 52.7 Å². The molecule has 2 aromatic rings. The molecule has 0 aliphatic carbocycles. The number of benzene rings is 1. The van der Waals surface area contributed by atoms with Gasteiger partial charge in [-0.05, 0) is 32.0 Å². The standard InChI is InChI=1S/C12H16N4/c1-2-9-8-14-16-12(9)11(3-1)15-10-4-6-13-7-5-10/h1-3,8,10,13,15H,4-7H2,(H,14,16). The van der Waals surface area contributed by atoms with Crippen LogP contribution in [-0.4, -0.2) is 29.3 Å². The molecule has 3 rings (SSSR count). The van der Waals surface area contributed by atoms with Gasteiger partial charge in [-0.1, -0.05) is 12.1 Å². The first kappa shape index (κ1) is 9.66. The van der Waals surface area contributed by atoms with E-state index in [1.54, 1.807) is 0 Å². The number of hydrogen-bond donors (Lipinski definition) is 3. The number of H-pyrrole nitrogens is 1. The third kappa shape index (κ3) is 1.76. The fraction of sp³-hybridized carbons (Fsp3) is 0.417. The van der Waals surface area contributed by atoms with Gasteiger partial charge in [0.15, 0.2) is 0 Å². The molecule has 0 unspecified atom stereocenters. The van der Waals surface area contributed by atoms with Crippen molar-refractivity contribution in [3.63, 3.8) is 0 Å². The highest BCUT2D eigenvalue weighted by molar-refractivity contribution is 5.89. The van der Waals surface area contributed by atoms with Crippen LogP contribution in [0.4, 0.5) is 5.69 Å². The van der Waals surface area contributed by atoms with E-state index in [9.17, 15) is 0 Å². The molecule has 4 nitrogen and oxygen atoms in total. The molecule has 0 atom stereocenters. The van der Waals surface area contributed by atoms with Gasteiger partial charge in [0.05, 0.1) is 17.4 Å². The summed E-state index contributed by atoms with van der Waals surface area (Å²) in [5.41, 5.74) is 2.28. The van der Waals surface area contributed by atoms with Gasteiger partial charge in [0.2, 0.25) is 0 Å². The number of piperidine rings is 1. The summed E-state index contributed by atoms with van der Waals surface area (Å²) < 4.78 is 0. The van der Waals surface area contributed by atoms with Gasteiger partial charge in [-0.25, -0.2) is 0 Å². The normalized spacial score (nSPS) is 17.8. The summed E-state index contributed by atoms with van der Waals surface area (Å²) >= 11 is 0. The third-order valence-electron chi connectivity index (χ3n) is 3.18. The highest BCUT2D eigenvalue weighted by Crippen LogP contribution is 2.22. The van der Waals surface area contributed by atoms with E-state index in [1.165, 1.54) is 23.9 Å². The Morgan fingerprint density at radius 3 is 3.00 bits per heavy atom. The van der Waals surface area contributed by atoms with Crippen LogP contribution in [0, 0.1) is 0 Å². The van der Waals surface area contributed by atoms with Gasteiger partial charge < -0.3 is 10.6 Å². The summed E-state index contributed by atoms with van der Waals surface area (Å²) in [7, 11) is 0. The zero-order valence-corrected chi connectivity index (χ0v) is 9.16. The van der Waals surface area contributed by atoms with Crippen molar-refractivity contribution in [2.75, 3.05) is 18.4 Å². The number of aromatic amines is 1. The number of fused-ring (bicyclic) bond motifs is 1. The fourth-order valence-corrected chi connectivity index (χ4v) is 2.28. The minimum Gasteiger partial charge on any atom is -0.380 e. The van der Waals surface area contributed by atoms with Crippen molar-refractivity contribution >= 4 is 16.6 Å². The second-order valence-corrected chi connectivity index (χ2v) is 4.31. The highest BCUT2D eigenvalue weighted by Gasteiger charge is 2.13. The minimum atomic E-state index is 0.579. The SMILES string of the molecule is c1cc(NC2CCNCC2)c2[nH]ncc2c1. The first-order valence-corrected chi connectivity index (χ1v) is 5.83. The monoisotopic (exact) mass is 216 g/mol. The summed E-state index contributed by atoms with van der Waals surface area (Å²) in [6.07, 6.45) is 4.23. The van der Waals surface area contributed by atoms with Crippen molar-refractivity contribution in [3.05, 3.63) is 24.4 Å². The molecular formula is C12H16N4. The van der Waals surface area contributed by atoms with Gasteiger partial charge in [0.1, 0.15) is 0 Å². The maximum absolute atomic E-state index is 4.08. The number of hydrogen-bond acceptors (Lipinski definition) is 3. The van der Waals surface area contributed by atoms with Crippen molar-refractivity contribution in [3.8, 4) is 0 Å². The zero-order chi connectivity index (χ0) is 10.8. The van der Waals surface area contributed by atoms with Crippen LogP contribution in [0.5, 0.6) is 0 Å². The first-order valence-electron chi connectivity index (χ1n) is 5.83. The third-order valence-corrected chi connectivity index (χ3v) is 3.18. The van der Waals surface area contributed by atoms with Crippen LogP contribution in [-0.2, 0) is 0 Å². The van der Waals surface area contributed by atoms with Crippen LogP contribution in [0.2, 0.25) is 0 Å². The Morgan fingerprint density at radius 2 is 2.12 bits per heavy atom. The molecule has 1 fully saturated rings. The van der Waals surface area contributed by atoms with Gasteiger partial charge in [0, 0.05) is 11.4 Å². The first-order chi connectivity index (χ1) is 7.93. The maximum atomic E-state index is 4.08. The fourth-order valence-electron chi connectivity index (χ4n) is 2.28. The van der Waals surface area contributed by atoms with E-state index in [4.69, 9.17) is 0 Å². The van der Waals surface area contributed by atoms with E-state index in [-0.39, 0.29) is 0 Å². The Hall–Kier alpha value is -1.55. The molecule has 84 valence electrons. The van der Waals surface area contributed by atoms with Crippen LogP contribution in [0.25, 0.3) is 10.9 Å². The van der Waals surface area contributed by atoms with E-state index in [0.29, 0.717) is 6.04 Å². The lowest BCUT2D eigenvalue weighted by Gasteiger charge is -2.24. The van der Waals surface area contributed by atoms with Gasteiger partial charge in [0.25, 0.3) is 0 Å². The molecule has 0 saturated carbocycles. The molecule has 0 spiro atoms. The lowest BCUT2D eigenvalue weighted by Crippen LogP contribution is -2.35. The highest BCUT2D eigenvalue weighted by atomic mass is 15.1. The summed E-state index contributed by atoms with van der Waals surface area (Å²) in [5, 5.41) is 15.3. The van der Waals surface area contributed by atoms with E-state index < -0.39 is 0 Å². The molecular weight excluding hydrogens is 200 g/mol. The quantitative estimate of drug-likeness (QED) is 0.716. The number of nitrogens with zero attached hydrogens (tertiary/aromatic N) is 1. The van der Waals surface area contributed by atoms with Gasteiger partial charge in [-0.2, -0.15) is 5.10 Å². The largest absolute Gasteiger partial charge is 0.380 e. The van der Waals surface area contributed by atoms with E-state index >= 15 is 0 Å². The average molecular weight is 216 g/mol. The predicted molar refractivity (Wildman–Crippen MR) is 65.6 cm³/mol. The summed E-state index contributed by atoms with van der Waals surface area (Å²) in [4.78, 5) is 0. The molecule has 1 aromatic carbocycles. The second kappa shape index (κ2) is 4.14. The van der Waals surface area contributed by atoms with E-state index in [1.807, 2.05) is 6.20 Å². The summed E-state index contributed by atoms with van der Waals surface area (Å²) in [5.74, 6) is 0. The van der Waals surface area contributed by atoms with E-state index in [2.05, 4.69) is 39.0 Å².